The van der Waals surface area contributed by atoms with Crippen LogP contribution in [0.2, 0.25) is 0 Å². The van der Waals surface area contributed by atoms with E-state index in [4.69, 9.17) is 4.99 Å². The molecule has 0 aliphatic carbocycles. The number of rotatable bonds is 6. The van der Waals surface area contributed by atoms with Gasteiger partial charge in [0.05, 0.1) is 12.1 Å². The van der Waals surface area contributed by atoms with Crippen LogP contribution in [0.3, 0.4) is 0 Å². The summed E-state index contributed by atoms with van der Waals surface area (Å²) in [6.07, 6.45) is 4.52. The van der Waals surface area contributed by atoms with Gasteiger partial charge in [0.2, 0.25) is 0 Å². The van der Waals surface area contributed by atoms with Crippen LogP contribution in [0.15, 0.2) is 65.9 Å². The Bertz CT molecular complexity index is 1140. The molecule has 0 aliphatic rings. The molecule has 2 heterocycles. The summed E-state index contributed by atoms with van der Waals surface area (Å²) in [6, 6.07) is 15.0. The number of aromatic amines is 1. The SMILES string of the molecule is CCNC(=NCc1cccc2cccnc12)NCCc1c[nH]c2ccc(F)cc12. The lowest BCUT2D eigenvalue weighted by Crippen LogP contribution is -2.38. The number of fused-ring (bicyclic) bond motifs is 2. The monoisotopic (exact) mass is 389 g/mol. The minimum absolute atomic E-state index is 0.218. The third kappa shape index (κ3) is 4.37. The Hall–Kier alpha value is -3.41. The van der Waals surface area contributed by atoms with Crippen LogP contribution >= 0.6 is 0 Å². The lowest BCUT2D eigenvalue weighted by Gasteiger charge is -2.11. The molecule has 0 fully saturated rings. The second-order valence-electron chi connectivity index (χ2n) is 6.87. The first-order valence-corrected chi connectivity index (χ1v) is 9.85. The minimum atomic E-state index is -0.218. The summed E-state index contributed by atoms with van der Waals surface area (Å²) in [4.78, 5) is 12.4. The van der Waals surface area contributed by atoms with Gasteiger partial charge >= 0.3 is 0 Å². The highest BCUT2D eigenvalue weighted by Crippen LogP contribution is 2.19. The number of aliphatic imine (C=N–C) groups is 1. The number of hydrogen-bond acceptors (Lipinski definition) is 2. The van der Waals surface area contributed by atoms with Crippen molar-refractivity contribution in [2.75, 3.05) is 13.1 Å². The van der Waals surface area contributed by atoms with E-state index in [-0.39, 0.29) is 5.82 Å². The van der Waals surface area contributed by atoms with Gasteiger partial charge in [-0.1, -0.05) is 24.3 Å². The summed E-state index contributed by atoms with van der Waals surface area (Å²) in [7, 11) is 0. The quantitative estimate of drug-likeness (QED) is 0.343. The molecule has 3 N–H and O–H groups in total. The summed E-state index contributed by atoms with van der Waals surface area (Å²) >= 11 is 0. The molecule has 148 valence electrons. The van der Waals surface area contributed by atoms with E-state index in [1.165, 1.54) is 6.07 Å². The first kappa shape index (κ1) is 18.9. The van der Waals surface area contributed by atoms with Gasteiger partial charge in [-0.3, -0.25) is 4.98 Å². The van der Waals surface area contributed by atoms with Gasteiger partial charge < -0.3 is 15.6 Å². The van der Waals surface area contributed by atoms with E-state index >= 15 is 0 Å². The maximum Gasteiger partial charge on any atom is 0.191 e. The molecule has 2 aromatic carbocycles. The molecule has 5 nitrogen and oxygen atoms in total. The Morgan fingerprint density at radius 2 is 2.00 bits per heavy atom. The predicted molar refractivity (Wildman–Crippen MR) is 117 cm³/mol. The Labute approximate surface area is 169 Å². The highest BCUT2D eigenvalue weighted by atomic mass is 19.1. The fourth-order valence-electron chi connectivity index (χ4n) is 3.47. The van der Waals surface area contributed by atoms with Crippen LogP contribution in [0.25, 0.3) is 21.8 Å². The van der Waals surface area contributed by atoms with Crippen molar-refractivity contribution >= 4 is 27.8 Å². The number of guanidine groups is 1. The van der Waals surface area contributed by atoms with Crippen LogP contribution in [0.1, 0.15) is 18.1 Å². The topological polar surface area (TPSA) is 65.1 Å². The predicted octanol–water partition coefficient (Wildman–Crippen LogP) is 4.15. The second-order valence-corrected chi connectivity index (χ2v) is 6.87. The number of nitrogens with zero attached hydrogens (tertiary/aromatic N) is 2. The third-order valence-corrected chi connectivity index (χ3v) is 4.88. The van der Waals surface area contributed by atoms with Crippen LogP contribution in [-0.2, 0) is 13.0 Å². The van der Waals surface area contributed by atoms with Gasteiger partial charge in [0.1, 0.15) is 5.82 Å². The Kier molecular flexibility index (Phi) is 5.70. The molecular weight excluding hydrogens is 365 g/mol. The van der Waals surface area contributed by atoms with E-state index in [1.54, 1.807) is 12.1 Å². The fourth-order valence-corrected chi connectivity index (χ4v) is 3.47. The Morgan fingerprint density at radius 3 is 2.90 bits per heavy atom. The van der Waals surface area contributed by atoms with Crippen molar-refractivity contribution in [2.45, 2.75) is 19.9 Å². The first-order chi connectivity index (χ1) is 14.2. The zero-order chi connectivity index (χ0) is 20.1. The number of aromatic nitrogens is 2. The maximum atomic E-state index is 13.6. The van der Waals surface area contributed by atoms with E-state index in [1.807, 2.05) is 31.5 Å². The average molecular weight is 389 g/mol. The summed E-state index contributed by atoms with van der Waals surface area (Å²) in [5.74, 6) is 0.538. The Balaban J connectivity index is 1.44. The molecular formula is C23H24FN5. The molecule has 0 atom stereocenters. The molecule has 2 aromatic heterocycles. The van der Waals surface area contributed by atoms with Crippen molar-refractivity contribution in [3.63, 3.8) is 0 Å². The molecule has 0 bridgehead atoms. The van der Waals surface area contributed by atoms with E-state index in [2.05, 4.69) is 38.8 Å². The molecule has 0 saturated carbocycles. The van der Waals surface area contributed by atoms with Gasteiger partial charge in [0, 0.05) is 41.8 Å². The lowest BCUT2D eigenvalue weighted by molar-refractivity contribution is 0.629. The van der Waals surface area contributed by atoms with Crippen molar-refractivity contribution < 1.29 is 4.39 Å². The number of para-hydroxylation sites is 1. The molecule has 0 saturated heterocycles. The van der Waals surface area contributed by atoms with Gasteiger partial charge in [-0.05, 0) is 48.7 Å². The molecule has 0 amide bonds. The third-order valence-electron chi connectivity index (χ3n) is 4.88. The zero-order valence-corrected chi connectivity index (χ0v) is 16.4. The van der Waals surface area contributed by atoms with Crippen LogP contribution in [0, 0.1) is 5.82 Å². The summed E-state index contributed by atoms with van der Waals surface area (Å²) in [5, 5.41) is 8.69. The van der Waals surface area contributed by atoms with Gasteiger partial charge in [-0.25, -0.2) is 9.38 Å². The van der Waals surface area contributed by atoms with Crippen molar-refractivity contribution in [3.05, 3.63) is 77.9 Å². The maximum absolute atomic E-state index is 13.6. The van der Waals surface area contributed by atoms with E-state index in [0.29, 0.717) is 13.1 Å². The summed E-state index contributed by atoms with van der Waals surface area (Å²) in [6.45, 7) is 4.06. The molecule has 29 heavy (non-hydrogen) atoms. The van der Waals surface area contributed by atoms with Gasteiger partial charge in [0.25, 0.3) is 0 Å². The van der Waals surface area contributed by atoms with E-state index in [0.717, 1.165) is 51.9 Å². The highest BCUT2D eigenvalue weighted by Gasteiger charge is 2.06. The molecule has 6 heteroatoms. The molecule has 0 unspecified atom stereocenters. The number of pyridine rings is 1. The number of nitrogens with one attached hydrogen (secondary N) is 3. The minimum Gasteiger partial charge on any atom is -0.361 e. The molecule has 4 rings (SSSR count). The zero-order valence-electron chi connectivity index (χ0n) is 16.4. The number of benzene rings is 2. The molecule has 0 radical (unpaired) electrons. The molecule has 0 aliphatic heterocycles. The van der Waals surface area contributed by atoms with Crippen LogP contribution < -0.4 is 10.6 Å². The fraction of sp³-hybridized carbons (Fsp3) is 0.217. The van der Waals surface area contributed by atoms with Crippen molar-refractivity contribution in [1.29, 1.82) is 0 Å². The van der Waals surface area contributed by atoms with Crippen molar-refractivity contribution in [3.8, 4) is 0 Å². The number of hydrogen-bond donors (Lipinski definition) is 3. The Morgan fingerprint density at radius 1 is 1.10 bits per heavy atom. The number of halogens is 1. The molecule has 4 aromatic rings. The van der Waals surface area contributed by atoms with Gasteiger partial charge in [0.15, 0.2) is 5.96 Å². The first-order valence-electron chi connectivity index (χ1n) is 9.85. The lowest BCUT2D eigenvalue weighted by atomic mass is 10.1. The van der Waals surface area contributed by atoms with Crippen molar-refractivity contribution in [2.24, 2.45) is 4.99 Å². The second kappa shape index (κ2) is 8.73. The number of H-pyrrole nitrogens is 1. The standard InChI is InChI=1S/C23H24FN5/c1-2-25-23(29-15-18-6-3-5-16-7-4-11-26-22(16)18)27-12-10-17-14-28-21-9-8-19(24)13-20(17)21/h3-9,11,13-14,28H,2,10,12,15H2,1H3,(H2,25,27,29). The smallest absolute Gasteiger partial charge is 0.191 e. The van der Waals surface area contributed by atoms with E-state index in [9.17, 15) is 4.39 Å². The van der Waals surface area contributed by atoms with Gasteiger partial charge in [-0.15, -0.1) is 0 Å². The van der Waals surface area contributed by atoms with Crippen LogP contribution in [0.4, 0.5) is 4.39 Å². The summed E-state index contributed by atoms with van der Waals surface area (Å²) < 4.78 is 13.6. The van der Waals surface area contributed by atoms with Gasteiger partial charge in [-0.2, -0.15) is 0 Å². The molecule has 0 spiro atoms. The highest BCUT2D eigenvalue weighted by molar-refractivity contribution is 5.84. The van der Waals surface area contributed by atoms with Crippen LogP contribution in [0.5, 0.6) is 0 Å². The largest absolute Gasteiger partial charge is 0.361 e. The van der Waals surface area contributed by atoms with Crippen molar-refractivity contribution in [1.82, 2.24) is 20.6 Å². The average Bonchev–Trinajstić information content (AvgIpc) is 3.14. The van der Waals surface area contributed by atoms with E-state index < -0.39 is 0 Å². The summed E-state index contributed by atoms with van der Waals surface area (Å²) in [5.41, 5.74) is 4.11. The normalized spacial score (nSPS) is 11.9. The van der Waals surface area contributed by atoms with Crippen LogP contribution in [-0.4, -0.2) is 29.0 Å².